The zero-order valence-corrected chi connectivity index (χ0v) is 18.2. The maximum absolute atomic E-state index is 13.3. The van der Waals surface area contributed by atoms with Crippen molar-refractivity contribution in [1.82, 2.24) is 0 Å². The third kappa shape index (κ3) is 5.67. The van der Waals surface area contributed by atoms with Gasteiger partial charge in [-0.2, -0.15) is 0 Å². The van der Waals surface area contributed by atoms with Gasteiger partial charge in [0.2, 0.25) is 0 Å². The lowest BCUT2D eigenvalue weighted by atomic mass is 9.97. The summed E-state index contributed by atoms with van der Waals surface area (Å²) in [5.74, 6) is -2.22. The molecule has 2 aromatic carbocycles. The number of rotatable bonds is 8. The van der Waals surface area contributed by atoms with Gasteiger partial charge in [0.15, 0.2) is 5.78 Å². The molecular weight excluding hydrogens is 432 g/mol. The van der Waals surface area contributed by atoms with E-state index >= 15 is 0 Å². The molecule has 0 aliphatic heterocycles. The third-order valence-corrected chi connectivity index (χ3v) is 5.39. The number of carboxylic acids is 1. The van der Waals surface area contributed by atoms with Crippen LogP contribution in [0.25, 0.3) is 10.4 Å². The summed E-state index contributed by atoms with van der Waals surface area (Å²) in [6.45, 7) is 2.49. The van der Waals surface area contributed by atoms with E-state index in [1.807, 2.05) is 17.5 Å². The summed E-state index contributed by atoms with van der Waals surface area (Å²) in [5, 5.41) is 10.9. The first-order valence-electron chi connectivity index (χ1n) is 9.68. The molecule has 32 heavy (non-hydrogen) atoms. The van der Waals surface area contributed by atoms with Crippen LogP contribution < -0.4 is 9.47 Å². The summed E-state index contributed by atoms with van der Waals surface area (Å²) < 4.78 is 10.5. The maximum atomic E-state index is 13.3. The fourth-order valence-corrected chi connectivity index (χ4v) is 3.84. The lowest BCUT2D eigenvalue weighted by Gasteiger charge is -2.13. The highest BCUT2D eigenvalue weighted by Crippen LogP contribution is 2.32. The van der Waals surface area contributed by atoms with Crippen LogP contribution in [0.15, 0.2) is 53.9 Å². The van der Waals surface area contributed by atoms with Gasteiger partial charge < -0.3 is 14.6 Å². The largest absolute Gasteiger partial charge is 0.481 e. The number of benzene rings is 2. The van der Waals surface area contributed by atoms with Crippen molar-refractivity contribution in [2.45, 2.75) is 26.7 Å². The van der Waals surface area contributed by atoms with Gasteiger partial charge in [-0.1, -0.05) is 12.1 Å². The van der Waals surface area contributed by atoms with Crippen molar-refractivity contribution in [3.05, 3.63) is 70.6 Å². The molecule has 8 heteroatoms. The fourth-order valence-electron chi connectivity index (χ4n) is 3.11. The number of aliphatic carboxylic acids is 1. The lowest BCUT2D eigenvalue weighted by Crippen LogP contribution is -2.10. The van der Waals surface area contributed by atoms with Crippen LogP contribution in [0.4, 0.5) is 0 Å². The summed E-state index contributed by atoms with van der Waals surface area (Å²) in [6, 6.07) is 13.2. The van der Waals surface area contributed by atoms with Crippen molar-refractivity contribution in [2.24, 2.45) is 0 Å². The van der Waals surface area contributed by atoms with Gasteiger partial charge in [-0.25, -0.2) is 0 Å². The average Bonchev–Trinajstić information content (AvgIpc) is 3.26. The molecule has 3 aromatic rings. The van der Waals surface area contributed by atoms with Crippen LogP contribution in [0.5, 0.6) is 11.5 Å². The Morgan fingerprint density at radius 2 is 1.62 bits per heavy atom. The van der Waals surface area contributed by atoms with Gasteiger partial charge in [-0.15, -0.1) is 11.3 Å². The smallest absolute Gasteiger partial charge is 0.308 e. The summed E-state index contributed by atoms with van der Waals surface area (Å²) >= 11 is 1.52. The average molecular weight is 452 g/mol. The Bertz CT molecular complexity index is 1180. The minimum absolute atomic E-state index is 0.0766. The van der Waals surface area contributed by atoms with Crippen molar-refractivity contribution in [1.29, 1.82) is 0 Å². The fraction of sp³-hybridized carbons (Fsp3) is 0.167. The number of hydrogen-bond donors (Lipinski definition) is 1. The molecule has 0 aliphatic rings. The molecule has 1 aromatic heterocycles. The molecule has 0 unspecified atom stereocenters. The highest BCUT2D eigenvalue weighted by molar-refractivity contribution is 7.13. The van der Waals surface area contributed by atoms with Gasteiger partial charge in [-0.05, 0) is 59.3 Å². The molecule has 1 N–H and O–H groups in total. The van der Waals surface area contributed by atoms with E-state index < -0.39 is 23.7 Å². The number of ether oxygens (including phenoxy) is 2. The lowest BCUT2D eigenvalue weighted by molar-refractivity contribution is -0.137. The summed E-state index contributed by atoms with van der Waals surface area (Å²) in [6.07, 6.45) is -0.118. The molecule has 0 spiro atoms. The molecule has 0 saturated heterocycles. The standard InChI is InChI=1S/C24H20O7S/c1-14(25)30-20-9-6-18(12-16(20)7-10-23(27)28)24(29)19-8-5-17(22-4-3-11-32-22)13-21(19)31-15(2)26/h3-6,8-9,11-13H,7,10H2,1-2H3,(H,27,28). The van der Waals surface area contributed by atoms with Crippen molar-refractivity contribution in [3.8, 4) is 21.9 Å². The van der Waals surface area contributed by atoms with Crippen LogP contribution in [-0.2, 0) is 20.8 Å². The van der Waals surface area contributed by atoms with Gasteiger partial charge in [0.1, 0.15) is 11.5 Å². The normalized spacial score (nSPS) is 10.4. The molecule has 3 rings (SSSR count). The molecule has 164 valence electrons. The van der Waals surface area contributed by atoms with Crippen LogP contribution in [0.3, 0.4) is 0 Å². The minimum Gasteiger partial charge on any atom is -0.481 e. The second-order valence-corrected chi connectivity index (χ2v) is 7.87. The van der Waals surface area contributed by atoms with Crippen molar-refractivity contribution >= 4 is 35.0 Å². The van der Waals surface area contributed by atoms with Crippen molar-refractivity contribution < 1.29 is 33.8 Å². The zero-order valence-electron chi connectivity index (χ0n) is 17.4. The van der Waals surface area contributed by atoms with Crippen molar-refractivity contribution in [2.75, 3.05) is 0 Å². The molecule has 0 bridgehead atoms. The SMILES string of the molecule is CC(=O)Oc1ccc(C(=O)c2ccc(-c3cccs3)cc2OC(C)=O)cc1CCC(=O)O. The maximum Gasteiger partial charge on any atom is 0.308 e. The number of thiophene rings is 1. The van der Waals surface area contributed by atoms with E-state index in [4.69, 9.17) is 14.6 Å². The number of aryl methyl sites for hydroxylation is 1. The first-order valence-corrected chi connectivity index (χ1v) is 10.6. The molecule has 1 heterocycles. The molecule has 0 aliphatic carbocycles. The number of ketones is 1. The molecule has 0 saturated carbocycles. The highest BCUT2D eigenvalue weighted by atomic mass is 32.1. The Morgan fingerprint density at radius 3 is 2.25 bits per heavy atom. The van der Waals surface area contributed by atoms with Crippen LogP contribution in [0.1, 0.15) is 41.8 Å². The first-order chi connectivity index (χ1) is 15.2. The predicted octanol–water partition coefficient (Wildman–Crippen LogP) is 4.51. The Kier molecular flexibility index (Phi) is 7.17. The number of carboxylic acid groups (broad SMARTS) is 1. The Morgan fingerprint density at radius 1 is 0.906 bits per heavy atom. The molecular formula is C24H20O7S. The van der Waals surface area contributed by atoms with E-state index in [2.05, 4.69) is 0 Å². The van der Waals surface area contributed by atoms with Gasteiger partial charge in [0.05, 0.1) is 5.56 Å². The molecule has 0 atom stereocenters. The molecule has 0 fully saturated rings. The highest BCUT2D eigenvalue weighted by Gasteiger charge is 2.20. The van der Waals surface area contributed by atoms with Gasteiger partial charge in [0.25, 0.3) is 0 Å². The zero-order chi connectivity index (χ0) is 23.3. The van der Waals surface area contributed by atoms with Gasteiger partial charge >= 0.3 is 17.9 Å². The summed E-state index contributed by atoms with van der Waals surface area (Å²) in [5.41, 5.74) is 1.65. The van der Waals surface area contributed by atoms with E-state index in [1.54, 1.807) is 18.2 Å². The number of carbonyl (C=O) groups excluding carboxylic acids is 3. The van der Waals surface area contributed by atoms with Crippen LogP contribution >= 0.6 is 11.3 Å². The topological polar surface area (TPSA) is 107 Å². The number of carbonyl (C=O) groups is 4. The Labute approximate surface area is 188 Å². The van der Waals surface area contributed by atoms with E-state index in [1.165, 1.54) is 43.4 Å². The first kappa shape index (κ1) is 22.9. The van der Waals surface area contributed by atoms with E-state index in [-0.39, 0.29) is 35.5 Å². The van der Waals surface area contributed by atoms with Crippen LogP contribution in [0.2, 0.25) is 0 Å². The van der Waals surface area contributed by atoms with Crippen LogP contribution in [0, 0.1) is 0 Å². The molecule has 7 nitrogen and oxygen atoms in total. The predicted molar refractivity (Wildman–Crippen MR) is 118 cm³/mol. The van der Waals surface area contributed by atoms with E-state index in [9.17, 15) is 19.2 Å². The van der Waals surface area contributed by atoms with Gasteiger partial charge in [0, 0.05) is 30.7 Å². The second-order valence-electron chi connectivity index (χ2n) is 6.92. The minimum atomic E-state index is -1.02. The van der Waals surface area contributed by atoms with E-state index in [0.717, 1.165) is 10.4 Å². The summed E-state index contributed by atoms with van der Waals surface area (Å²) in [7, 11) is 0. The van der Waals surface area contributed by atoms with Crippen molar-refractivity contribution in [3.63, 3.8) is 0 Å². The quantitative estimate of drug-likeness (QED) is 0.304. The Balaban J connectivity index is 2.01. The second kappa shape index (κ2) is 10.0. The van der Waals surface area contributed by atoms with Crippen LogP contribution in [-0.4, -0.2) is 28.8 Å². The monoisotopic (exact) mass is 452 g/mol. The Hall–Kier alpha value is -3.78. The van der Waals surface area contributed by atoms with E-state index in [0.29, 0.717) is 5.56 Å². The number of esters is 2. The molecule has 0 amide bonds. The van der Waals surface area contributed by atoms with Gasteiger partial charge in [-0.3, -0.25) is 19.2 Å². The third-order valence-electron chi connectivity index (χ3n) is 4.47. The number of hydrogen-bond acceptors (Lipinski definition) is 7. The molecule has 0 radical (unpaired) electrons. The summed E-state index contributed by atoms with van der Waals surface area (Å²) in [4.78, 5) is 48.2.